The minimum atomic E-state index is 0.0920. The highest BCUT2D eigenvalue weighted by Gasteiger charge is 2.31. The van der Waals surface area contributed by atoms with Crippen molar-refractivity contribution in [3.05, 3.63) is 57.8 Å². The lowest BCUT2D eigenvalue weighted by molar-refractivity contribution is -0.127. The molecule has 0 radical (unpaired) electrons. The lowest BCUT2D eigenvalue weighted by Crippen LogP contribution is -2.31. The number of hydrogen-bond acceptors (Lipinski definition) is 3. The van der Waals surface area contributed by atoms with Gasteiger partial charge in [0, 0.05) is 28.4 Å². The van der Waals surface area contributed by atoms with E-state index in [1.807, 2.05) is 35.2 Å². The summed E-state index contributed by atoms with van der Waals surface area (Å²) in [5, 5.41) is 0. The van der Waals surface area contributed by atoms with Gasteiger partial charge >= 0.3 is 0 Å². The Morgan fingerprint density at radius 2 is 2.00 bits per heavy atom. The molecule has 1 aromatic carbocycles. The van der Waals surface area contributed by atoms with Crippen LogP contribution in [0, 0.1) is 6.92 Å². The maximum atomic E-state index is 12.6. The number of carbonyl (C=O) groups excluding carboxylic acids is 1. The van der Waals surface area contributed by atoms with Gasteiger partial charge in [-0.15, -0.1) is 11.3 Å². The van der Waals surface area contributed by atoms with Crippen LogP contribution in [-0.4, -0.2) is 24.0 Å². The third-order valence-electron chi connectivity index (χ3n) is 3.93. The third-order valence-corrected chi connectivity index (χ3v) is 4.90. The number of rotatable bonds is 6. The number of benzene rings is 1. The molecular formula is C19H21NO2S. The van der Waals surface area contributed by atoms with Crippen LogP contribution in [0.25, 0.3) is 6.08 Å². The van der Waals surface area contributed by atoms with Crippen LogP contribution < -0.4 is 4.74 Å². The number of amides is 1. The van der Waals surface area contributed by atoms with Gasteiger partial charge in [0.2, 0.25) is 5.91 Å². The maximum Gasteiger partial charge on any atom is 0.247 e. The highest BCUT2D eigenvalue weighted by molar-refractivity contribution is 7.12. The standard InChI is InChI=1S/C19H21NO2S/c1-14-3-10-18(23-14)11-12-19(21)20(16-6-7-16)13-15-4-8-17(22-2)9-5-15/h3-5,8-12,16H,6-7,13H2,1-2H3/b12-11+. The molecule has 0 bridgehead atoms. The molecule has 0 spiro atoms. The molecule has 1 saturated carbocycles. The Kier molecular flexibility index (Phi) is 4.82. The predicted molar refractivity (Wildman–Crippen MR) is 94.7 cm³/mol. The van der Waals surface area contributed by atoms with E-state index in [0.29, 0.717) is 12.6 Å². The maximum absolute atomic E-state index is 12.6. The zero-order chi connectivity index (χ0) is 16.2. The Hall–Kier alpha value is -2.07. The number of methoxy groups -OCH3 is 1. The van der Waals surface area contributed by atoms with Gasteiger partial charge < -0.3 is 9.64 Å². The van der Waals surface area contributed by atoms with E-state index >= 15 is 0 Å². The molecule has 0 aliphatic heterocycles. The van der Waals surface area contributed by atoms with Crippen LogP contribution >= 0.6 is 11.3 Å². The molecule has 3 nitrogen and oxygen atoms in total. The van der Waals surface area contributed by atoms with Gasteiger partial charge in [0.05, 0.1) is 7.11 Å². The van der Waals surface area contributed by atoms with Crippen LogP contribution in [0.4, 0.5) is 0 Å². The van der Waals surface area contributed by atoms with Gasteiger partial charge in [0.25, 0.3) is 0 Å². The molecule has 1 aromatic heterocycles. The molecule has 1 aliphatic rings. The minimum Gasteiger partial charge on any atom is -0.497 e. The first-order valence-electron chi connectivity index (χ1n) is 7.84. The third kappa shape index (κ3) is 4.23. The average Bonchev–Trinajstić information content (AvgIpc) is 3.32. The summed E-state index contributed by atoms with van der Waals surface area (Å²) in [5.41, 5.74) is 1.13. The fourth-order valence-electron chi connectivity index (χ4n) is 2.49. The summed E-state index contributed by atoms with van der Waals surface area (Å²) in [6.45, 7) is 2.73. The molecule has 4 heteroatoms. The quantitative estimate of drug-likeness (QED) is 0.742. The Morgan fingerprint density at radius 1 is 1.26 bits per heavy atom. The van der Waals surface area contributed by atoms with E-state index in [1.165, 1.54) is 4.88 Å². The van der Waals surface area contributed by atoms with E-state index in [4.69, 9.17) is 4.74 Å². The van der Waals surface area contributed by atoms with Gasteiger partial charge in [-0.05, 0) is 55.7 Å². The summed E-state index contributed by atoms with van der Waals surface area (Å²) in [5.74, 6) is 0.931. The molecule has 0 unspecified atom stereocenters. The topological polar surface area (TPSA) is 29.5 Å². The van der Waals surface area contributed by atoms with Crippen LogP contribution in [0.1, 0.15) is 28.2 Å². The fourth-order valence-corrected chi connectivity index (χ4v) is 3.27. The van der Waals surface area contributed by atoms with Gasteiger partial charge in [0.1, 0.15) is 5.75 Å². The highest BCUT2D eigenvalue weighted by Crippen LogP contribution is 2.29. The first-order chi connectivity index (χ1) is 11.2. The Bertz CT molecular complexity index is 698. The number of hydrogen-bond donors (Lipinski definition) is 0. The van der Waals surface area contributed by atoms with Crippen LogP contribution in [0.2, 0.25) is 0 Å². The molecule has 0 N–H and O–H groups in total. The van der Waals surface area contributed by atoms with Crippen molar-refractivity contribution in [2.45, 2.75) is 32.4 Å². The monoisotopic (exact) mass is 327 g/mol. The lowest BCUT2D eigenvalue weighted by atomic mass is 10.2. The number of thiophene rings is 1. The largest absolute Gasteiger partial charge is 0.497 e. The van der Waals surface area contributed by atoms with Crippen molar-refractivity contribution in [3.8, 4) is 5.75 Å². The van der Waals surface area contributed by atoms with E-state index in [1.54, 1.807) is 24.5 Å². The number of nitrogens with zero attached hydrogens (tertiary/aromatic N) is 1. The Balaban J connectivity index is 1.68. The normalized spacial score (nSPS) is 14.2. The summed E-state index contributed by atoms with van der Waals surface area (Å²) in [6.07, 6.45) is 5.83. The van der Waals surface area contributed by atoms with Crippen molar-refractivity contribution < 1.29 is 9.53 Å². The fraction of sp³-hybridized carbons (Fsp3) is 0.316. The second-order valence-electron chi connectivity index (χ2n) is 5.83. The molecule has 1 aliphatic carbocycles. The summed E-state index contributed by atoms with van der Waals surface area (Å²) in [7, 11) is 1.66. The highest BCUT2D eigenvalue weighted by atomic mass is 32.1. The van der Waals surface area contributed by atoms with E-state index < -0.39 is 0 Å². The average molecular weight is 327 g/mol. The first kappa shape index (κ1) is 15.8. The van der Waals surface area contributed by atoms with Crippen molar-refractivity contribution in [2.75, 3.05) is 7.11 Å². The summed E-state index contributed by atoms with van der Waals surface area (Å²) in [6, 6.07) is 12.4. The number of ether oxygens (including phenoxy) is 1. The Morgan fingerprint density at radius 3 is 2.57 bits per heavy atom. The van der Waals surface area contributed by atoms with Crippen molar-refractivity contribution in [1.82, 2.24) is 4.90 Å². The van der Waals surface area contributed by atoms with Gasteiger partial charge in [-0.2, -0.15) is 0 Å². The van der Waals surface area contributed by atoms with Gasteiger partial charge in [-0.3, -0.25) is 4.79 Å². The van der Waals surface area contributed by atoms with Gasteiger partial charge in [0.15, 0.2) is 0 Å². The molecule has 1 amide bonds. The zero-order valence-corrected chi connectivity index (χ0v) is 14.3. The second-order valence-corrected chi connectivity index (χ2v) is 7.15. The summed E-state index contributed by atoms with van der Waals surface area (Å²) in [4.78, 5) is 16.9. The molecule has 0 atom stereocenters. The van der Waals surface area contributed by atoms with Crippen LogP contribution in [0.3, 0.4) is 0 Å². The molecule has 3 rings (SSSR count). The van der Waals surface area contributed by atoms with Crippen LogP contribution in [0.15, 0.2) is 42.5 Å². The smallest absolute Gasteiger partial charge is 0.247 e. The predicted octanol–water partition coefficient (Wildman–Crippen LogP) is 4.27. The van der Waals surface area contributed by atoms with E-state index in [9.17, 15) is 4.79 Å². The number of aryl methyl sites for hydroxylation is 1. The molecule has 120 valence electrons. The zero-order valence-electron chi connectivity index (χ0n) is 13.5. The molecule has 23 heavy (non-hydrogen) atoms. The molecule has 0 saturated heterocycles. The van der Waals surface area contributed by atoms with Crippen molar-refractivity contribution in [1.29, 1.82) is 0 Å². The molecule has 2 aromatic rings. The summed E-state index contributed by atoms with van der Waals surface area (Å²) < 4.78 is 5.18. The van der Waals surface area contributed by atoms with E-state index in [0.717, 1.165) is 29.0 Å². The lowest BCUT2D eigenvalue weighted by Gasteiger charge is -2.21. The van der Waals surface area contributed by atoms with Crippen molar-refractivity contribution in [2.24, 2.45) is 0 Å². The minimum absolute atomic E-state index is 0.0920. The molecule has 1 heterocycles. The van der Waals surface area contributed by atoms with Crippen LogP contribution in [0.5, 0.6) is 5.75 Å². The first-order valence-corrected chi connectivity index (χ1v) is 8.65. The molecular weight excluding hydrogens is 306 g/mol. The van der Waals surface area contributed by atoms with E-state index in [2.05, 4.69) is 19.1 Å². The second kappa shape index (κ2) is 7.01. The van der Waals surface area contributed by atoms with Crippen LogP contribution in [-0.2, 0) is 11.3 Å². The Labute approximate surface area is 141 Å². The SMILES string of the molecule is COc1ccc(CN(C(=O)/C=C/c2ccc(C)s2)C2CC2)cc1. The van der Waals surface area contributed by atoms with Gasteiger partial charge in [-0.1, -0.05) is 12.1 Å². The van der Waals surface area contributed by atoms with E-state index in [-0.39, 0.29) is 5.91 Å². The number of carbonyl (C=O) groups is 1. The summed E-state index contributed by atoms with van der Waals surface area (Å²) >= 11 is 1.70. The van der Waals surface area contributed by atoms with Crippen molar-refractivity contribution in [3.63, 3.8) is 0 Å². The van der Waals surface area contributed by atoms with Gasteiger partial charge in [-0.25, -0.2) is 0 Å². The van der Waals surface area contributed by atoms with Crippen molar-refractivity contribution >= 4 is 23.3 Å². The molecule has 1 fully saturated rings.